The number of thiophene rings is 1. The lowest BCUT2D eigenvalue weighted by atomic mass is 9.99. The summed E-state index contributed by atoms with van der Waals surface area (Å²) in [7, 11) is 1.53. The standard InChI is InChI=1S/C18H21NO4S/c1-18(2,3)19(17(21)22)15-10-14(23-4)6-5-12(15)9-16(20)13-7-8-24-11-13/h5-8,10-11H,9H2,1-4H3,(H,21,22). The third kappa shape index (κ3) is 3.94. The summed E-state index contributed by atoms with van der Waals surface area (Å²) in [6.45, 7) is 5.43. The Bertz CT molecular complexity index is 732. The minimum Gasteiger partial charge on any atom is -0.497 e. The topological polar surface area (TPSA) is 66.8 Å². The smallest absolute Gasteiger partial charge is 0.412 e. The molecule has 0 saturated heterocycles. The van der Waals surface area contributed by atoms with Crippen molar-refractivity contribution in [3.8, 4) is 5.75 Å². The Morgan fingerprint density at radius 1 is 1.25 bits per heavy atom. The number of ketones is 1. The van der Waals surface area contributed by atoms with E-state index in [1.54, 1.807) is 29.6 Å². The minimum absolute atomic E-state index is 0.0399. The van der Waals surface area contributed by atoms with Crippen molar-refractivity contribution in [1.82, 2.24) is 0 Å². The second kappa shape index (κ2) is 7.05. The van der Waals surface area contributed by atoms with Gasteiger partial charge in [0.15, 0.2) is 5.78 Å². The Hall–Kier alpha value is -2.34. The van der Waals surface area contributed by atoms with Crippen LogP contribution in [0.3, 0.4) is 0 Å². The molecule has 0 unspecified atom stereocenters. The van der Waals surface area contributed by atoms with Gasteiger partial charge in [-0.3, -0.25) is 9.69 Å². The highest BCUT2D eigenvalue weighted by Crippen LogP contribution is 2.32. The minimum atomic E-state index is -1.07. The maximum atomic E-state index is 12.4. The Morgan fingerprint density at radius 2 is 1.96 bits per heavy atom. The number of Topliss-reactive ketones (excluding diaryl/α,β-unsaturated/α-hetero) is 1. The van der Waals surface area contributed by atoms with Gasteiger partial charge in [0.2, 0.25) is 0 Å². The van der Waals surface area contributed by atoms with Crippen LogP contribution in [0.5, 0.6) is 5.75 Å². The van der Waals surface area contributed by atoms with Crippen molar-refractivity contribution in [3.05, 3.63) is 46.2 Å². The molecule has 0 spiro atoms. The molecule has 0 radical (unpaired) electrons. The molecule has 0 atom stereocenters. The van der Waals surface area contributed by atoms with Crippen LogP contribution in [0.1, 0.15) is 36.7 Å². The SMILES string of the molecule is COc1ccc(CC(=O)c2ccsc2)c(N(C(=O)O)C(C)(C)C)c1. The summed E-state index contributed by atoms with van der Waals surface area (Å²) in [6, 6.07) is 6.92. The molecule has 2 rings (SSSR count). The van der Waals surface area contributed by atoms with Crippen molar-refractivity contribution in [1.29, 1.82) is 0 Å². The molecule has 1 aromatic heterocycles. The number of hydrogen-bond acceptors (Lipinski definition) is 4. The lowest BCUT2D eigenvalue weighted by Crippen LogP contribution is -2.45. The average Bonchev–Trinajstić information content (AvgIpc) is 3.01. The van der Waals surface area contributed by atoms with E-state index in [2.05, 4.69) is 0 Å². The molecule has 0 saturated carbocycles. The maximum absolute atomic E-state index is 12.4. The first-order valence-electron chi connectivity index (χ1n) is 7.49. The summed E-state index contributed by atoms with van der Waals surface area (Å²) in [5.41, 5.74) is 1.11. The van der Waals surface area contributed by atoms with E-state index in [0.29, 0.717) is 22.6 Å². The second-order valence-corrected chi connectivity index (χ2v) is 7.18. The van der Waals surface area contributed by atoms with Gasteiger partial charge in [-0.05, 0) is 43.8 Å². The molecule has 0 fully saturated rings. The third-order valence-corrected chi connectivity index (χ3v) is 4.27. The third-order valence-electron chi connectivity index (χ3n) is 3.59. The van der Waals surface area contributed by atoms with Crippen molar-refractivity contribution in [3.63, 3.8) is 0 Å². The molecule has 5 nitrogen and oxygen atoms in total. The normalized spacial score (nSPS) is 11.2. The van der Waals surface area contributed by atoms with E-state index in [-0.39, 0.29) is 12.2 Å². The van der Waals surface area contributed by atoms with Gasteiger partial charge in [0.25, 0.3) is 0 Å². The Kier molecular flexibility index (Phi) is 5.29. The second-order valence-electron chi connectivity index (χ2n) is 6.40. The van der Waals surface area contributed by atoms with Gasteiger partial charge in [-0.25, -0.2) is 4.79 Å². The number of anilines is 1. The zero-order valence-electron chi connectivity index (χ0n) is 14.2. The Morgan fingerprint density at radius 3 is 2.46 bits per heavy atom. The van der Waals surface area contributed by atoms with Gasteiger partial charge in [-0.1, -0.05) is 6.07 Å². The molecule has 24 heavy (non-hydrogen) atoms. The van der Waals surface area contributed by atoms with E-state index in [1.165, 1.54) is 23.3 Å². The van der Waals surface area contributed by atoms with Crippen LogP contribution in [-0.2, 0) is 6.42 Å². The predicted octanol–water partition coefficient (Wildman–Crippen LogP) is 4.47. The van der Waals surface area contributed by atoms with E-state index in [9.17, 15) is 14.7 Å². The fraction of sp³-hybridized carbons (Fsp3) is 0.333. The highest BCUT2D eigenvalue weighted by atomic mass is 32.1. The van der Waals surface area contributed by atoms with Gasteiger partial charge >= 0.3 is 6.09 Å². The zero-order valence-corrected chi connectivity index (χ0v) is 15.0. The Labute approximate surface area is 145 Å². The average molecular weight is 347 g/mol. The van der Waals surface area contributed by atoms with Gasteiger partial charge in [0, 0.05) is 29.0 Å². The van der Waals surface area contributed by atoms with Crippen LogP contribution in [0.15, 0.2) is 35.0 Å². The largest absolute Gasteiger partial charge is 0.497 e. The van der Waals surface area contributed by atoms with Crippen LogP contribution in [0.4, 0.5) is 10.5 Å². The molecule has 1 amide bonds. The molecule has 2 aromatic rings. The number of carboxylic acid groups (broad SMARTS) is 1. The van der Waals surface area contributed by atoms with E-state index in [1.807, 2.05) is 26.2 Å². The predicted molar refractivity (Wildman–Crippen MR) is 95.6 cm³/mol. The molecular weight excluding hydrogens is 326 g/mol. The molecule has 1 heterocycles. The van der Waals surface area contributed by atoms with Crippen LogP contribution < -0.4 is 9.64 Å². The number of nitrogens with zero attached hydrogens (tertiary/aromatic N) is 1. The fourth-order valence-corrected chi connectivity index (χ4v) is 3.14. The van der Waals surface area contributed by atoms with Crippen molar-refractivity contribution < 1.29 is 19.4 Å². The molecule has 0 aliphatic heterocycles. The van der Waals surface area contributed by atoms with Gasteiger partial charge in [0.05, 0.1) is 12.8 Å². The highest BCUT2D eigenvalue weighted by Gasteiger charge is 2.30. The van der Waals surface area contributed by atoms with E-state index < -0.39 is 11.6 Å². The zero-order chi connectivity index (χ0) is 17.9. The number of methoxy groups -OCH3 is 1. The molecule has 1 aromatic carbocycles. The molecule has 1 N–H and O–H groups in total. The van der Waals surface area contributed by atoms with Crippen molar-refractivity contribution in [2.75, 3.05) is 12.0 Å². The van der Waals surface area contributed by atoms with Crippen LogP contribution in [0.2, 0.25) is 0 Å². The molecule has 128 valence electrons. The van der Waals surface area contributed by atoms with Gasteiger partial charge in [-0.2, -0.15) is 11.3 Å². The number of amides is 1. The summed E-state index contributed by atoms with van der Waals surface area (Å²) in [5, 5.41) is 13.3. The first-order chi connectivity index (χ1) is 11.2. The monoisotopic (exact) mass is 347 g/mol. The summed E-state index contributed by atoms with van der Waals surface area (Å²) in [6.07, 6.45) is -0.935. The van der Waals surface area contributed by atoms with Gasteiger partial charge in [-0.15, -0.1) is 0 Å². The first kappa shape index (κ1) is 18.0. The number of carbonyl (C=O) groups excluding carboxylic acids is 1. The lowest BCUT2D eigenvalue weighted by molar-refractivity contribution is 0.0993. The van der Waals surface area contributed by atoms with Crippen LogP contribution in [0.25, 0.3) is 0 Å². The van der Waals surface area contributed by atoms with E-state index >= 15 is 0 Å². The summed E-state index contributed by atoms with van der Waals surface area (Å²) in [4.78, 5) is 25.5. The summed E-state index contributed by atoms with van der Waals surface area (Å²) in [5.74, 6) is 0.508. The van der Waals surface area contributed by atoms with Gasteiger partial charge in [0.1, 0.15) is 5.75 Å². The number of benzene rings is 1. The highest BCUT2D eigenvalue weighted by molar-refractivity contribution is 7.08. The maximum Gasteiger partial charge on any atom is 0.412 e. The molecule has 0 aliphatic rings. The number of ether oxygens (including phenoxy) is 1. The number of carbonyl (C=O) groups is 2. The molecule has 0 aliphatic carbocycles. The van der Waals surface area contributed by atoms with Crippen LogP contribution >= 0.6 is 11.3 Å². The lowest BCUT2D eigenvalue weighted by Gasteiger charge is -2.34. The number of rotatable bonds is 5. The van der Waals surface area contributed by atoms with Crippen molar-refractivity contribution in [2.24, 2.45) is 0 Å². The van der Waals surface area contributed by atoms with Crippen LogP contribution in [-0.4, -0.2) is 29.6 Å². The van der Waals surface area contributed by atoms with Crippen molar-refractivity contribution in [2.45, 2.75) is 32.7 Å². The van der Waals surface area contributed by atoms with Crippen LogP contribution in [0, 0.1) is 0 Å². The van der Waals surface area contributed by atoms with E-state index in [4.69, 9.17) is 4.74 Å². The number of hydrogen-bond donors (Lipinski definition) is 1. The van der Waals surface area contributed by atoms with Crippen molar-refractivity contribution >= 4 is 28.9 Å². The van der Waals surface area contributed by atoms with Gasteiger partial charge < -0.3 is 9.84 Å². The summed E-state index contributed by atoms with van der Waals surface area (Å²) < 4.78 is 5.23. The summed E-state index contributed by atoms with van der Waals surface area (Å²) >= 11 is 1.46. The Balaban J connectivity index is 2.48. The molecule has 6 heteroatoms. The first-order valence-corrected chi connectivity index (χ1v) is 8.44. The molecular formula is C18H21NO4S. The van der Waals surface area contributed by atoms with E-state index in [0.717, 1.165) is 0 Å². The fourth-order valence-electron chi connectivity index (χ4n) is 2.48. The molecule has 0 bridgehead atoms. The quantitative estimate of drug-likeness (QED) is 0.811.